The molecule has 1 radical (unpaired) electrons. The second-order valence-corrected chi connectivity index (χ2v) is 3.13. The molecule has 0 unspecified atom stereocenters. The van der Waals surface area contributed by atoms with Gasteiger partial charge in [0.15, 0.2) is 0 Å². The number of fused-ring (bicyclic) bond motifs is 1. The lowest BCUT2D eigenvalue weighted by Crippen LogP contribution is -2.16. The lowest BCUT2D eigenvalue weighted by molar-refractivity contribution is 0.143. The Bertz CT molecular complexity index is 513. The molecule has 1 heterocycles. The molecular formula is C11H10N3O2. The Kier molecular flexibility index (Phi) is 2.95. The summed E-state index contributed by atoms with van der Waals surface area (Å²) in [5.74, 6) is 0. The van der Waals surface area contributed by atoms with E-state index in [1.165, 1.54) is 0 Å². The van der Waals surface area contributed by atoms with Crippen molar-refractivity contribution in [1.82, 2.24) is 15.3 Å². The maximum absolute atomic E-state index is 10.8. The molecule has 5 heteroatoms. The van der Waals surface area contributed by atoms with Crippen LogP contribution in [0, 0.1) is 7.05 Å². The normalized spacial score (nSPS) is 10.1. The van der Waals surface area contributed by atoms with E-state index in [1.54, 1.807) is 12.4 Å². The molecule has 0 saturated heterocycles. The van der Waals surface area contributed by atoms with Gasteiger partial charge in [0.2, 0.25) is 0 Å². The second-order valence-electron chi connectivity index (χ2n) is 3.13. The number of rotatable bonds is 2. The zero-order chi connectivity index (χ0) is 11.4. The third kappa shape index (κ3) is 2.25. The number of hydrogen-bond donors (Lipinski definition) is 1. The van der Waals surface area contributed by atoms with Gasteiger partial charge in [-0.15, -0.1) is 0 Å². The fourth-order valence-corrected chi connectivity index (χ4v) is 1.30. The smallest absolute Gasteiger partial charge is 0.407 e. The topological polar surface area (TPSA) is 64.1 Å². The van der Waals surface area contributed by atoms with E-state index in [2.05, 4.69) is 22.3 Å². The summed E-state index contributed by atoms with van der Waals surface area (Å²) in [5, 5.41) is 2.13. The standard InChI is InChI=1S/C11H10N3O2/c1-12-11(15)16-7-8-2-3-9-10(6-8)14-5-4-13-9/h2-6H,1,7H2,(H,12,15). The molecule has 0 fully saturated rings. The summed E-state index contributed by atoms with van der Waals surface area (Å²) in [5.41, 5.74) is 2.45. The Morgan fingerprint density at radius 1 is 1.31 bits per heavy atom. The zero-order valence-corrected chi connectivity index (χ0v) is 8.51. The predicted octanol–water partition coefficient (Wildman–Crippen LogP) is 1.65. The van der Waals surface area contributed by atoms with E-state index in [0.717, 1.165) is 16.6 Å². The third-order valence-corrected chi connectivity index (χ3v) is 2.05. The summed E-state index contributed by atoms with van der Waals surface area (Å²) in [7, 11) is 3.20. The van der Waals surface area contributed by atoms with Gasteiger partial charge in [-0.25, -0.2) is 4.79 Å². The van der Waals surface area contributed by atoms with Gasteiger partial charge in [0.05, 0.1) is 11.0 Å². The van der Waals surface area contributed by atoms with Gasteiger partial charge in [-0.05, 0) is 17.7 Å². The number of benzene rings is 1. The Hall–Kier alpha value is -2.17. The summed E-state index contributed by atoms with van der Waals surface area (Å²) in [4.78, 5) is 19.1. The molecule has 0 bridgehead atoms. The van der Waals surface area contributed by atoms with Gasteiger partial charge in [-0.2, -0.15) is 0 Å². The van der Waals surface area contributed by atoms with Gasteiger partial charge in [-0.3, -0.25) is 9.97 Å². The number of nitrogens with zero attached hydrogens (tertiary/aromatic N) is 2. The third-order valence-electron chi connectivity index (χ3n) is 2.05. The van der Waals surface area contributed by atoms with E-state index in [4.69, 9.17) is 4.74 Å². The van der Waals surface area contributed by atoms with Crippen LogP contribution in [0.15, 0.2) is 30.6 Å². The first kappa shape index (κ1) is 10.4. The molecule has 0 aliphatic rings. The van der Waals surface area contributed by atoms with Crippen LogP contribution in [0.4, 0.5) is 4.79 Å². The first-order valence-electron chi connectivity index (χ1n) is 4.69. The number of hydrogen-bond acceptors (Lipinski definition) is 4. The average Bonchev–Trinajstić information content (AvgIpc) is 2.35. The summed E-state index contributed by atoms with van der Waals surface area (Å²) in [6, 6.07) is 5.51. The molecule has 5 nitrogen and oxygen atoms in total. The number of carbonyl (C=O) groups is 1. The van der Waals surface area contributed by atoms with E-state index >= 15 is 0 Å². The van der Waals surface area contributed by atoms with Crippen molar-refractivity contribution in [2.24, 2.45) is 0 Å². The van der Waals surface area contributed by atoms with Crippen molar-refractivity contribution in [3.63, 3.8) is 0 Å². The molecule has 1 amide bonds. The maximum atomic E-state index is 10.8. The minimum atomic E-state index is -0.556. The Morgan fingerprint density at radius 2 is 2.06 bits per heavy atom. The lowest BCUT2D eigenvalue weighted by atomic mass is 10.2. The number of aromatic nitrogens is 2. The van der Waals surface area contributed by atoms with Crippen molar-refractivity contribution >= 4 is 17.1 Å². The molecule has 2 aromatic rings. The Balaban J connectivity index is 2.16. The fourth-order valence-electron chi connectivity index (χ4n) is 1.30. The van der Waals surface area contributed by atoms with Gasteiger partial charge in [0, 0.05) is 19.4 Å². The molecule has 2 rings (SSSR count). The van der Waals surface area contributed by atoms with Crippen molar-refractivity contribution in [3.8, 4) is 0 Å². The summed E-state index contributed by atoms with van der Waals surface area (Å²) >= 11 is 0. The fraction of sp³-hybridized carbons (Fsp3) is 0.0909. The second kappa shape index (κ2) is 4.57. The van der Waals surface area contributed by atoms with Crippen molar-refractivity contribution in [2.45, 2.75) is 6.61 Å². The summed E-state index contributed by atoms with van der Waals surface area (Å²) in [6.45, 7) is 0.188. The number of alkyl carbamates (subject to hydrolysis) is 1. The highest BCUT2D eigenvalue weighted by molar-refractivity contribution is 5.74. The zero-order valence-electron chi connectivity index (χ0n) is 8.51. The molecule has 0 atom stereocenters. The Labute approximate surface area is 92.5 Å². The minimum Gasteiger partial charge on any atom is -0.445 e. The highest BCUT2D eigenvalue weighted by Crippen LogP contribution is 2.11. The molecule has 0 saturated carbocycles. The van der Waals surface area contributed by atoms with E-state index < -0.39 is 6.09 Å². The van der Waals surface area contributed by atoms with Gasteiger partial charge in [0.1, 0.15) is 6.61 Å². The van der Waals surface area contributed by atoms with Gasteiger partial charge < -0.3 is 10.1 Å². The molecule has 0 aliphatic heterocycles. The van der Waals surface area contributed by atoms with E-state index in [9.17, 15) is 4.79 Å². The number of ether oxygens (including phenoxy) is 1. The first-order valence-corrected chi connectivity index (χ1v) is 4.69. The van der Waals surface area contributed by atoms with Crippen molar-refractivity contribution in [3.05, 3.63) is 43.2 Å². The van der Waals surface area contributed by atoms with Crippen molar-refractivity contribution < 1.29 is 9.53 Å². The monoisotopic (exact) mass is 216 g/mol. The highest BCUT2D eigenvalue weighted by Gasteiger charge is 2.01. The number of carbonyl (C=O) groups excluding carboxylic acids is 1. The predicted molar refractivity (Wildman–Crippen MR) is 58.2 cm³/mol. The summed E-state index contributed by atoms with van der Waals surface area (Å²) in [6.07, 6.45) is 2.70. The number of amides is 1. The van der Waals surface area contributed by atoms with Crippen molar-refractivity contribution in [1.29, 1.82) is 0 Å². The van der Waals surface area contributed by atoms with E-state index in [0.29, 0.717) is 0 Å². The molecule has 81 valence electrons. The van der Waals surface area contributed by atoms with Crippen LogP contribution in [-0.4, -0.2) is 16.1 Å². The van der Waals surface area contributed by atoms with E-state index in [-0.39, 0.29) is 6.61 Å². The largest absolute Gasteiger partial charge is 0.445 e. The van der Waals surface area contributed by atoms with Crippen LogP contribution < -0.4 is 5.32 Å². The molecule has 1 N–H and O–H groups in total. The van der Waals surface area contributed by atoms with Crippen LogP contribution in [0.2, 0.25) is 0 Å². The van der Waals surface area contributed by atoms with Crippen LogP contribution >= 0.6 is 0 Å². The molecular weight excluding hydrogens is 206 g/mol. The van der Waals surface area contributed by atoms with Crippen molar-refractivity contribution in [2.75, 3.05) is 0 Å². The molecule has 0 aliphatic carbocycles. The number of nitrogens with one attached hydrogen (secondary N) is 1. The van der Waals surface area contributed by atoms with Gasteiger partial charge >= 0.3 is 6.09 Å². The molecule has 16 heavy (non-hydrogen) atoms. The van der Waals surface area contributed by atoms with Crippen LogP contribution in [0.5, 0.6) is 0 Å². The van der Waals surface area contributed by atoms with Crippen LogP contribution in [0.25, 0.3) is 11.0 Å². The quantitative estimate of drug-likeness (QED) is 0.828. The Morgan fingerprint density at radius 3 is 2.81 bits per heavy atom. The van der Waals surface area contributed by atoms with Crippen LogP contribution in [0.1, 0.15) is 5.56 Å². The van der Waals surface area contributed by atoms with Crippen LogP contribution in [-0.2, 0) is 11.3 Å². The maximum Gasteiger partial charge on any atom is 0.407 e. The molecule has 1 aromatic carbocycles. The average molecular weight is 216 g/mol. The molecule has 0 spiro atoms. The van der Waals surface area contributed by atoms with Crippen LogP contribution in [0.3, 0.4) is 0 Å². The van der Waals surface area contributed by atoms with E-state index in [1.807, 2.05) is 18.2 Å². The highest BCUT2D eigenvalue weighted by atomic mass is 16.5. The summed E-state index contributed by atoms with van der Waals surface area (Å²) < 4.78 is 4.87. The first-order chi connectivity index (χ1) is 7.79. The molecule has 1 aromatic heterocycles. The lowest BCUT2D eigenvalue weighted by Gasteiger charge is -2.04. The SMILES string of the molecule is [CH2]NC(=O)OCc1ccc2nccnc2c1. The minimum absolute atomic E-state index is 0.188. The van der Waals surface area contributed by atoms with Gasteiger partial charge in [-0.1, -0.05) is 6.07 Å². The van der Waals surface area contributed by atoms with Gasteiger partial charge in [0.25, 0.3) is 0 Å².